The Morgan fingerprint density at radius 1 is 1.15 bits per heavy atom. The van der Waals surface area contributed by atoms with E-state index in [4.69, 9.17) is 15.4 Å². The van der Waals surface area contributed by atoms with Crippen molar-refractivity contribution >= 4 is 19.7 Å². The molecule has 0 amide bonds. The van der Waals surface area contributed by atoms with Crippen LogP contribution in [0.3, 0.4) is 0 Å². The maximum absolute atomic E-state index is 11.2. The monoisotopic (exact) mass is 318 g/mol. The summed E-state index contributed by atoms with van der Waals surface area (Å²) in [5.41, 5.74) is 0.699. The number of benzene rings is 1. The molecule has 5 heteroatoms. The van der Waals surface area contributed by atoms with Gasteiger partial charge in [0.1, 0.15) is 5.75 Å². The van der Waals surface area contributed by atoms with Gasteiger partial charge in [-0.1, -0.05) is 46.8 Å². The van der Waals surface area contributed by atoms with Gasteiger partial charge in [-0.05, 0) is 23.1 Å². The Bertz CT molecular complexity index is 557. The van der Waals surface area contributed by atoms with E-state index in [1.54, 1.807) is 0 Å². The van der Waals surface area contributed by atoms with E-state index in [1.165, 1.54) is 5.56 Å². The molecule has 114 valence electrons. The van der Waals surface area contributed by atoms with Gasteiger partial charge in [0.2, 0.25) is 9.05 Å². The summed E-state index contributed by atoms with van der Waals surface area (Å²) in [6.45, 7) is 10.3. The van der Waals surface area contributed by atoms with Crippen LogP contribution in [0.5, 0.6) is 5.75 Å². The van der Waals surface area contributed by atoms with E-state index in [2.05, 4.69) is 26.8 Å². The van der Waals surface area contributed by atoms with E-state index in [-0.39, 0.29) is 11.2 Å². The van der Waals surface area contributed by atoms with Crippen molar-refractivity contribution in [1.82, 2.24) is 0 Å². The van der Waals surface area contributed by atoms with Crippen LogP contribution in [-0.4, -0.2) is 20.8 Å². The fourth-order valence-corrected chi connectivity index (χ4v) is 3.74. The summed E-state index contributed by atoms with van der Waals surface area (Å²) < 4.78 is 28.0. The lowest BCUT2D eigenvalue weighted by atomic mass is 9.87. The fourth-order valence-electron chi connectivity index (χ4n) is 1.84. The molecule has 1 aromatic carbocycles. The zero-order valence-corrected chi connectivity index (χ0v) is 14.3. The van der Waals surface area contributed by atoms with Gasteiger partial charge in [-0.3, -0.25) is 0 Å². The minimum atomic E-state index is -3.53. The van der Waals surface area contributed by atoms with Gasteiger partial charge in [-0.15, -0.1) is 0 Å². The first-order chi connectivity index (χ1) is 8.89. The number of hydrogen-bond acceptors (Lipinski definition) is 3. The van der Waals surface area contributed by atoms with Crippen LogP contribution < -0.4 is 4.74 Å². The van der Waals surface area contributed by atoms with Crippen LogP contribution in [0.2, 0.25) is 0 Å². The van der Waals surface area contributed by atoms with Crippen molar-refractivity contribution in [3.8, 4) is 5.75 Å². The Labute approximate surface area is 126 Å². The van der Waals surface area contributed by atoms with Crippen molar-refractivity contribution in [2.75, 3.05) is 12.4 Å². The summed E-state index contributed by atoms with van der Waals surface area (Å²) >= 11 is 0. The maximum Gasteiger partial charge on any atom is 0.233 e. The van der Waals surface area contributed by atoms with Crippen molar-refractivity contribution in [2.45, 2.75) is 40.0 Å². The zero-order chi connectivity index (χ0) is 15.6. The van der Waals surface area contributed by atoms with Crippen LogP contribution >= 0.6 is 10.7 Å². The first-order valence-corrected chi connectivity index (χ1v) is 9.03. The zero-order valence-electron chi connectivity index (χ0n) is 12.7. The summed E-state index contributed by atoms with van der Waals surface area (Å²) in [7, 11) is 1.78. The minimum absolute atomic E-state index is 0.0500. The van der Waals surface area contributed by atoms with Crippen LogP contribution in [0.1, 0.15) is 40.2 Å². The van der Waals surface area contributed by atoms with Gasteiger partial charge in [0.15, 0.2) is 0 Å². The smallest absolute Gasteiger partial charge is 0.233 e. The average Bonchev–Trinajstić information content (AvgIpc) is 2.22. The molecule has 1 aromatic rings. The minimum Gasteiger partial charge on any atom is -0.493 e. The van der Waals surface area contributed by atoms with Gasteiger partial charge in [0.05, 0.1) is 12.4 Å². The Balaban J connectivity index is 2.76. The fraction of sp³-hybridized carbons (Fsp3) is 0.600. The van der Waals surface area contributed by atoms with Crippen molar-refractivity contribution in [1.29, 1.82) is 0 Å². The van der Waals surface area contributed by atoms with Crippen molar-refractivity contribution in [3.63, 3.8) is 0 Å². The van der Waals surface area contributed by atoms with Crippen molar-refractivity contribution in [3.05, 3.63) is 29.8 Å². The highest BCUT2D eigenvalue weighted by Gasteiger charge is 2.26. The third-order valence-corrected chi connectivity index (χ3v) is 4.35. The molecule has 3 nitrogen and oxygen atoms in total. The van der Waals surface area contributed by atoms with E-state index < -0.39 is 14.5 Å². The number of ether oxygens (including phenoxy) is 1. The largest absolute Gasteiger partial charge is 0.493 e. The van der Waals surface area contributed by atoms with Crippen molar-refractivity contribution in [2.24, 2.45) is 5.41 Å². The van der Waals surface area contributed by atoms with Crippen LogP contribution in [-0.2, 0) is 14.5 Å². The molecular formula is C15H23ClO3S. The molecule has 0 radical (unpaired) electrons. The van der Waals surface area contributed by atoms with Crippen LogP contribution in [0.25, 0.3) is 0 Å². The molecule has 0 atom stereocenters. The molecule has 0 saturated carbocycles. The molecule has 0 N–H and O–H groups in total. The molecule has 0 aliphatic rings. The molecule has 0 aromatic heterocycles. The second kappa shape index (κ2) is 5.94. The lowest BCUT2D eigenvalue weighted by molar-refractivity contribution is 0.200. The van der Waals surface area contributed by atoms with E-state index in [9.17, 15) is 8.42 Å². The molecule has 0 saturated heterocycles. The van der Waals surface area contributed by atoms with Gasteiger partial charge in [0.25, 0.3) is 0 Å². The first-order valence-electron chi connectivity index (χ1n) is 6.55. The molecule has 0 spiro atoms. The standard InChI is InChI=1S/C15H23ClO3S/c1-14(2,3)12-7-6-8-13(9-12)19-10-15(4,5)11-20(16,17)18/h6-9H,10-11H2,1-5H3. The normalized spacial score (nSPS) is 13.3. The second-order valence-corrected chi connectivity index (χ2v) is 9.69. The second-order valence-electron chi connectivity index (χ2n) is 6.91. The molecule has 20 heavy (non-hydrogen) atoms. The first kappa shape index (κ1) is 17.3. The molecule has 1 rings (SSSR count). The van der Waals surface area contributed by atoms with Crippen LogP contribution in [0.15, 0.2) is 24.3 Å². The van der Waals surface area contributed by atoms with Gasteiger partial charge >= 0.3 is 0 Å². The molecule has 0 fully saturated rings. The van der Waals surface area contributed by atoms with E-state index in [0.717, 1.165) is 5.75 Å². The SMILES string of the molecule is CC(C)(COc1cccc(C(C)(C)C)c1)CS(=O)(=O)Cl. The molecule has 0 bridgehead atoms. The Morgan fingerprint density at radius 2 is 1.75 bits per heavy atom. The molecule has 0 aliphatic carbocycles. The number of halogens is 1. The predicted octanol–water partition coefficient (Wildman–Crippen LogP) is 3.96. The highest BCUT2D eigenvalue weighted by molar-refractivity contribution is 8.13. The number of rotatable bonds is 5. The third-order valence-electron chi connectivity index (χ3n) is 2.89. The van der Waals surface area contributed by atoms with Gasteiger partial charge in [-0.2, -0.15) is 0 Å². The highest BCUT2D eigenvalue weighted by atomic mass is 35.7. The van der Waals surface area contributed by atoms with Gasteiger partial charge in [-0.25, -0.2) is 8.42 Å². The summed E-state index contributed by atoms with van der Waals surface area (Å²) in [4.78, 5) is 0. The van der Waals surface area contributed by atoms with Crippen LogP contribution in [0, 0.1) is 5.41 Å². The lowest BCUT2D eigenvalue weighted by Crippen LogP contribution is -2.28. The molecule has 0 unspecified atom stereocenters. The maximum atomic E-state index is 11.2. The van der Waals surface area contributed by atoms with Gasteiger partial charge in [0, 0.05) is 16.1 Å². The van der Waals surface area contributed by atoms with Crippen molar-refractivity contribution < 1.29 is 13.2 Å². The summed E-state index contributed by atoms with van der Waals surface area (Å²) in [5, 5.41) is 0. The Hall–Kier alpha value is -0.740. The topological polar surface area (TPSA) is 43.4 Å². The average molecular weight is 319 g/mol. The van der Waals surface area contributed by atoms with E-state index in [1.807, 2.05) is 32.0 Å². The number of hydrogen-bond donors (Lipinski definition) is 0. The quantitative estimate of drug-likeness (QED) is 0.772. The Morgan fingerprint density at radius 3 is 2.25 bits per heavy atom. The molecular weight excluding hydrogens is 296 g/mol. The highest BCUT2D eigenvalue weighted by Crippen LogP contribution is 2.27. The molecule has 0 aliphatic heterocycles. The van der Waals surface area contributed by atoms with E-state index >= 15 is 0 Å². The van der Waals surface area contributed by atoms with Gasteiger partial charge < -0.3 is 4.74 Å². The molecule has 0 heterocycles. The van der Waals surface area contributed by atoms with Crippen LogP contribution in [0.4, 0.5) is 0 Å². The van der Waals surface area contributed by atoms with E-state index in [0.29, 0.717) is 6.61 Å². The summed E-state index contributed by atoms with van der Waals surface area (Å²) in [6, 6.07) is 7.87. The summed E-state index contributed by atoms with van der Waals surface area (Å²) in [5.74, 6) is 0.637. The lowest BCUT2D eigenvalue weighted by Gasteiger charge is -2.24. The third kappa shape index (κ3) is 6.14. The summed E-state index contributed by atoms with van der Waals surface area (Å²) in [6.07, 6.45) is 0. The predicted molar refractivity (Wildman–Crippen MR) is 84.1 cm³/mol. The Kier molecular flexibility index (Phi) is 5.14.